The van der Waals surface area contributed by atoms with Gasteiger partial charge in [-0.25, -0.2) is 0 Å². The van der Waals surface area contributed by atoms with E-state index in [4.69, 9.17) is 11.2 Å². The molecule has 3 heteroatoms. The van der Waals surface area contributed by atoms with E-state index in [1.165, 1.54) is 0 Å². The zero-order chi connectivity index (χ0) is 15.6. The molecule has 0 spiro atoms. The topological polar surface area (TPSA) is 41.5 Å². The van der Waals surface area contributed by atoms with Crippen molar-refractivity contribution in [2.24, 2.45) is 0 Å². The Kier molecular flexibility index (Phi) is 6.50. The number of ether oxygens (including phenoxy) is 1. The minimum Gasteiger partial charge on any atom is -0.481 e. The van der Waals surface area contributed by atoms with E-state index in [0.29, 0.717) is 19.5 Å². The van der Waals surface area contributed by atoms with Crippen LogP contribution in [0.15, 0.2) is 54.6 Å². The molecule has 0 fully saturated rings. The van der Waals surface area contributed by atoms with Crippen molar-refractivity contribution in [3.8, 4) is 18.1 Å². The van der Waals surface area contributed by atoms with Gasteiger partial charge in [-0.1, -0.05) is 54.5 Å². The first-order valence-electron chi connectivity index (χ1n) is 7.36. The molecule has 2 aromatic rings. The van der Waals surface area contributed by atoms with Gasteiger partial charge in [-0.2, -0.15) is 0 Å². The summed E-state index contributed by atoms with van der Waals surface area (Å²) in [5.74, 6) is 3.25. The molecule has 0 aliphatic heterocycles. The highest BCUT2D eigenvalue weighted by molar-refractivity contribution is 5.33. The number of benzene rings is 2. The zero-order valence-electron chi connectivity index (χ0n) is 12.5. The largest absolute Gasteiger partial charge is 0.481 e. The van der Waals surface area contributed by atoms with E-state index in [9.17, 15) is 5.11 Å². The second-order valence-electron chi connectivity index (χ2n) is 5.07. The standard InChI is InChI=1S/C19H21NO2/c1-2-12-22-19-11-7-6-10-17(19)14-20-15-18(21)13-16-8-4-3-5-9-16/h1,3-11,18,20-21H,12-15H2. The maximum absolute atomic E-state index is 10.1. The summed E-state index contributed by atoms with van der Waals surface area (Å²) in [6.45, 7) is 1.42. The number of rotatable bonds is 8. The molecule has 0 saturated heterocycles. The Bertz CT molecular complexity index is 604. The third-order valence-corrected chi connectivity index (χ3v) is 3.29. The fourth-order valence-corrected chi connectivity index (χ4v) is 2.24. The Balaban J connectivity index is 1.80. The average Bonchev–Trinajstić information content (AvgIpc) is 2.55. The van der Waals surface area contributed by atoms with Crippen molar-refractivity contribution in [3.05, 3.63) is 65.7 Å². The molecule has 0 radical (unpaired) electrons. The van der Waals surface area contributed by atoms with E-state index in [2.05, 4.69) is 11.2 Å². The van der Waals surface area contributed by atoms with Crippen LogP contribution in [0.25, 0.3) is 0 Å². The van der Waals surface area contributed by atoms with Crippen LogP contribution >= 0.6 is 0 Å². The molecule has 0 bridgehead atoms. The van der Waals surface area contributed by atoms with E-state index in [0.717, 1.165) is 16.9 Å². The molecule has 0 aromatic heterocycles. The van der Waals surface area contributed by atoms with Crippen LogP contribution in [0.3, 0.4) is 0 Å². The Labute approximate surface area is 131 Å². The maximum Gasteiger partial charge on any atom is 0.148 e. The van der Waals surface area contributed by atoms with Gasteiger partial charge in [0.1, 0.15) is 12.4 Å². The second-order valence-corrected chi connectivity index (χ2v) is 5.07. The molecular formula is C19H21NO2. The maximum atomic E-state index is 10.1. The Hall–Kier alpha value is -2.28. The summed E-state index contributed by atoms with van der Waals surface area (Å²) >= 11 is 0. The van der Waals surface area contributed by atoms with Gasteiger partial charge < -0.3 is 15.2 Å². The summed E-state index contributed by atoms with van der Waals surface area (Å²) in [6.07, 6.45) is 5.44. The van der Waals surface area contributed by atoms with E-state index in [1.807, 2.05) is 54.6 Å². The monoisotopic (exact) mass is 295 g/mol. The third kappa shape index (κ3) is 5.25. The lowest BCUT2D eigenvalue weighted by Gasteiger charge is -2.14. The van der Waals surface area contributed by atoms with Crippen molar-refractivity contribution in [2.45, 2.75) is 19.1 Å². The van der Waals surface area contributed by atoms with Crippen molar-refractivity contribution in [2.75, 3.05) is 13.2 Å². The molecule has 0 aliphatic carbocycles. The molecule has 2 rings (SSSR count). The van der Waals surface area contributed by atoms with Gasteiger partial charge in [-0.3, -0.25) is 0 Å². The van der Waals surface area contributed by atoms with Crippen LogP contribution in [0, 0.1) is 12.3 Å². The fraction of sp³-hybridized carbons (Fsp3) is 0.263. The molecular weight excluding hydrogens is 274 g/mol. The van der Waals surface area contributed by atoms with Gasteiger partial charge in [0.2, 0.25) is 0 Å². The first kappa shape index (κ1) is 16.1. The van der Waals surface area contributed by atoms with Gasteiger partial charge >= 0.3 is 0 Å². The first-order chi connectivity index (χ1) is 10.8. The molecule has 3 nitrogen and oxygen atoms in total. The Morgan fingerprint density at radius 3 is 2.59 bits per heavy atom. The lowest BCUT2D eigenvalue weighted by atomic mass is 10.1. The highest BCUT2D eigenvalue weighted by atomic mass is 16.5. The Morgan fingerprint density at radius 1 is 1.09 bits per heavy atom. The number of para-hydroxylation sites is 1. The predicted octanol–water partition coefficient (Wildman–Crippen LogP) is 2.39. The number of nitrogens with one attached hydrogen (secondary N) is 1. The van der Waals surface area contributed by atoms with Crippen LogP contribution in [-0.4, -0.2) is 24.4 Å². The van der Waals surface area contributed by atoms with Crippen molar-refractivity contribution in [1.29, 1.82) is 0 Å². The van der Waals surface area contributed by atoms with Crippen molar-refractivity contribution < 1.29 is 9.84 Å². The molecule has 2 aromatic carbocycles. The normalized spacial score (nSPS) is 11.6. The van der Waals surface area contributed by atoms with E-state index in [-0.39, 0.29) is 6.61 Å². The fourth-order valence-electron chi connectivity index (χ4n) is 2.24. The van der Waals surface area contributed by atoms with Crippen LogP contribution in [-0.2, 0) is 13.0 Å². The van der Waals surface area contributed by atoms with Crippen molar-refractivity contribution in [1.82, 2.24) is 5.32 Å². The van der Waals surface area contributed by atoms with Crippen LogP contribution in [0.1, 0.15) is 11.1 Å². The minimum absolute atomic E-state index is 0.258. The van der Waals surface area contributed by atoms with E-state index < -0.39 is 6.10 Å². The highest BCUT2D eigenvalue weighted by Crippen LogP contribution is 2.17. The molecule has 0 amide bonds. The van der Waals surface area contributed by atoms with Gasteiger partial charge in [0.15, 0.2) is 0 Å². The van der Waals surface area contributed by atoms with Gasteiger partial charge in [-0.05, 0) is 18.1 Å². The Morgan fingerprint density at radius 2 is 1.82 bits per heavy atom. The molecule has 0 saturated carbocycles. The summed E-state index contributed by atoms with van der Waals surface area (Å²) in [4.78, 5) is 0. The quantitative estimate of drug-likeness (QED) is 0.735. The molecule has 2 N–H and O–H groups in total. The van der Waals surface area contributed by atoms with Gasteiger partial charge in [0.05, 0.1) is 6.10 Å². The van der Waals surface area contributed by atoms with Gasteiger partial charge in [-0.15, -0.1) is 6.42 Å². The van der Waals surface area contributed by atoms with Crippen LogP contribution in [0.5, 0.6) is 5.75 Å². The smallest absolute Gasteiger partial charge is 0.148 e. The van der Waals surface area contributed by atoms with Crippen LogP contribution in [0.4, 0.5) is 0 Å². The predicted molar refractivity (Wildman–Crippen MR) is 88.6 cm³/mol. The average molecular weight is 295 g/mol. The second kappa shape index (κ2) is 8.89. The lowest BCUT2D eigenvalue weighted by Crippen LogP contribution is -2.28. The zero-order valence-corrected chi connectivity index (χ0v) is 12.5. The van der Waals surface area contributed by atoms with Crippen molar-refractivity contribution >= 4 is 0 Å². The number of aliphatic hydroxyl groups excluding tert-OH is 1. The SMILES string of the molecule is C#CCOc1ccccc1CNCC(O)Cc1ccccc1. The summed E-state index contributed by atoms with van der Waals surface area (Å²) in [5, 5.41) is 13.3. The highest BCUT2D eigenvalue weighted by Gasteiger charge is 2.06. The molecule has 0 heterocycles. The van der Waals surface area contributed by atoms with Crippen molar-refractivity contribution in [3.63, 3.8) is 0 Å². The number of terminal acetylenes is 1. The van der Waals surface area contributed by atoms with E-state index >= 15 is 0 Å². The van der Waals surface area contributed by atoms with Gasteiger partial charge in [0, 0.05) is 18.7 Å². The summed E-state index contributed by atoms with van der Waals surface area (Å²) in [7, 11) is 0. The lowest BCUT2D eigenvalue weighted by molar-refractivity contribution is 0.171. The molecule has 0 aliphatic rings. The third-order valence-electron chi connectivity index (χ3n) is 3.29. The molecule has 1 unspecified atom stereocenters. The minimum atomic E-state index is -0.416. The van der Waals surface area contributed by atoms with Gasteiger partial charge in [0.25, 0.3) is 0 Å². The van der Waals surface area contributed by atoms with Crippen LogP contribution in [0.2, 0.25) is 0 Å². The molecule has 114 valence electrons. The summed E-state index contributed by atoms with van der Waals surface area (Å²) in [5.41, 5.74) is 2.17. The molecule has 1 atom stereocenters. The number of hydrogen-bond acceptors (Lipinski definition) is 3. The number of aliphatic hydroxyl groups is 1. The summed E-state index contributed by atoms with van der Waals surface area (Å²) < 4.78 is 5.50. The van der Waals surface area contributed by atoms with Crippen LogP contribution < -0.4 is 10.1 Å². The summed E-state index contributed by atoms with van der Waals surface area (Å²) in [6, 6.07) is 17.7. The first-order valence-corrected chi connectivity index (χ1v) is 7.36. The molecule has 22 heavy (non-hydrogen) atoms. The van der Waals surface area contributed by atoms with E-state index in [1.54, 1.807) is 0 Å². The number of hydrogen-bond donors (Lipinski definition) is 2.